The van der Waals surface area contributed by atoms with Crippen molar-refractivity contribution in [2.75, 3.05) is 0 Å². The summed E-state index contributed by atoms with van der Waals surface area (Å²) in [6, 6.07) is 6.30. The van der Waals surface area contributed by atoms with Crippen LogP contribution in [0.3, 0.4) is 0 Å². The Morgan fingerprint density at radius 1 is 1.42 bits per heavy atom. The maximum Gasteiger partial charge on any atom is 0.126 e. The van der Waals surface area contributed by atoms with E-state index >= 15 is 0 Å². The van der Waals surface area contributed by atoms with E-state index in [1.807, 2.05) is 18.2 Å². The number of hydrogen-bond donors (Lipinski definition) is 1. The molecule has 1 N–H and O–H groups in total. The Bertz CT molecular complexity index is 442. The highest BCUT2D eigenvalue weighted by molar-refractivity contribution is 6.31. The molecule has 1 atom stereocenters. The summed E-state index contributed by atoms with van der Waals surface area (Å²) < 4.78 is 6.09. The van der Waals surface area contributed by atoms with Gasteiger partial charge in [0, 0.05) is 23.2 Å². The van der Waals surface area contributed by atoms with Crippen molar-refractivity contribution < 1.29 is 4.74 Å². The van der Waals surface area contributed by atoms with Crippen molar-refractivity contribution in [3.05, 3.63) is 40.9 Å². The van der Waals surface area contributed by atoms with Gasteiger partial charge in [0.05, 0.1) is 0 Å². The minimum Gasteiger partial charge on any atom is -0.486 e. The van der Waals surface area contributed by atoms with Gasteiger partial charge in [-0.25, -0.2) is 0 Å². The van der Waals surface area contributed by atoms with Gasteiger partial charge in [-0.3, -0.25) is 0 Å². The Kier molecular flexibility index (Phi) is 5.29. The zero-order chi connectivity index (χ0) is 13.7. The lowest BCUT2D eigenvalue weighted by molar-refractivity contribution is 0.227. The van der Waals surface area contributed by atoms with Gasteiger partial charge in [0.15, 0.2) is 0 Å². The second kappa shape index (κ2) is 6.97. The Morgan fingerprint density at radius 2 is 2.26 bits per heavy atom. The number of ether oxygens (including phenoxy) is 1. The van der Waals surface area contributed by atoms with E-state index in [1.165, 1.54) is 6.42 Å². The molecular formula is C16H22ClNO. The molecular weight excluding hydrogens is 258 g/mol. The van der Waals surface area contributed by atoms with Gasteiger partial charge in [0.25, 0.3) is 0 Å². The number of rotatable bonds is 5. The van der Waals surface area contributed by atoms with Crippen LogP contribution in [0.2, 0.25) is 5.02 Å². The van der Waals surface area contributed by atoms with Crippen LogP contribution in [0, 0.1) is 0 Å². The monoisotopic (exact) mass is 279 g/mol. The summed E-state index contributed by atoms with van der Waals surface area (Å²) in [5.74, 6) is 0.900. The average Bonchev–Trinajstić information content (AvgIpc) is 2.39. The molecule has 3 heteroatoms. The van der Waals surface area contributed by atoms with Crippen molar-refractivity contribution in [1.29, 1.82) is 0 Å². The largest absolute Gasteiger partial charge is 0.486 e. The van der Waals surface area contributed by atoms with Gasteiger partial charge in [-0.15, -0.1) is 0 Å². The van der Waals surface area contributed by atoms with Crippen molar-refractivity contribution >= 4 is 11.6 Å². The van der Waals surface area contributed by atoms with E-state index in [0.717, 1.165) is 35.7 Å². The smallest absolute Gasteiger partial charge is 0.126 e. The summed E-state index contributed by atoms with van der Waals surface area (Å²) in [6.07, 6.45) is 7.98. The summed E-state index contributed by atoms with van der Waals surface area (Å²) in [7, 11) is 0. The van der Waals surface area contributed by atoms with Crippen LogP contribution in [0.15, 0.2) is 30.4 Å². The van der Waals surface area contributed by atoms with Gasteiger partial charge in [0.1, 0.15) is 11.9 Å². The van der Waals surface area contributed by atoms with Crippen LogP contribution in [0.5, 0.6) is 5.75 Å². The van der Waals surface area contributed by atoms with Gasteiger partial charge in [-0.1, -0.05) is 37.6 Å². The number of halogens is 1. The summed E-state index contributed by atoms with van der Waals surface area (Å²) in [5, 5.41) is 4.17. The highest BCUT2D eigenvalue weighted by Gasteiger charge is 2.14. The molecule has 0 bridgehead atoms. The molecule has 0 radical (unpaired) electrons. The Balaban J connectivity index is 2.11. The molecule has 1 aliphatic carbocycles. The van der Waals surface area contributed by atoms with Gasteiger partial charge in [-0.2, -0.15) is 0 Å². The third kappa shape index (κ3) is 4.26. The topological polar surface area (TPSA) is 21.3 Å². The Labute approximate surface area is 120 Å². The predicted molar refractivity (Wildman–Crippen MR) is 80.8 cm³/mol. The molecule has 0 aliphatic heterocycles. The first-order chi connectivity index (χ1) is 9.16. The normalized spacial score (nSPS) is 18.8. The number of benzene rings is 1. The van der Waals surface area contributed by atoms with E-state index in [-0.39, 0.29) is 6.10 Å². The van der Waals surface area contributed by atoms with E-state index < -0.39 is 0 Å². The van der Waals surface area contributed by atoms with Crippen LogP contribution in [-0.4, -0.2) is 12.1 Å². The van der Waals surface area contributed by atoms with Crippen LogP contribution in [0.4, 0.5) is 0 Å². The second-order valence-corrected chi connectivity index (χ2v) is 5.67. The number of allylic oxidation sites excluding steroid dienone is 1. The van der Waals surface area contributed by atoms with Crippen LogP contribution < -0.4 is 10.1 Å². The van der Waals surface area contributed by atoms with E-state index in [0.29, 0.717) is 6.04 Å². The maximum atomic E-state index is 6.29. The Morgan fingerprint density at radius 3 is 2.95 bits per heavy atom. The van der Waals surface area contributed by atoms with E-state index in [2.05, 4.69) is 31.3 Å². The number of nitrogens with one attached hydrogen (secondary N) is 1. The van der Waals surface area contributed by atoms with Gasteiger partial charge >= 0.3 is 0 Å². The molecule has 104 valence electrons. The quantitative estimate of drug-likeness (QED) is 0.810. The lowest BCUT2D eigenvalue weighted by Gasteiger charge is -2.21. The minimum atomic E-state index is 0.185. The first-order valence-electron chi connectivity index (χ1n) is 7.01. The molecule has 0 aromatic heterocycles. The molecule has 2 nitrogen and oxygen atoms in total. The van der Waals surface area contributed by atoms with Crippen LogP contribution >= 0.6 is 11.6 Å². The van der Waals surface area contributed by atoms with Crippen molar-refractivity contribution in [3.63, 3.8) is 0 Å². The van der Waals surface area contributed by atoms with Crippen LogP contribution in [0.1, 0.15) is 38.7 Å². The summed E-state index contributed by atoms with van der Waals surface area (Å²) in [4.78, 5) is 0. The van der Waals surface area contributed by atoms with Gasteiger partial charge in [0.2, 0.25) is 0 Å². The van der Waals surface area contributed by atoms with Crippen molar-refractivity contribution in [3.8, 4) is 5.75 Å². The summed E-state index contributed by atoms with van der Waals surface area (Å²) in [5.41, 5.74) is 1.05. The number of hydrogen-bond acceptors (Lipinski definition) is 2. The van der Waals surface area contributed by atoms with E-state index in [4.69, 9.17) is 16.3 Å². The lowest BCUT2D eigenvalue weighted by Crippen LogP contribution is -2.23. The second-order valence-electron chi connectivity index (χ2n) is 5.27. The fourth-order valence-electron chi connectivity index (χ4n) is 2.17. The molecule has 1 unspecified atom stereocenters. The molecule has 0 heterocycles. The maximum absolute atomic E-state index is 6.29. The molecule has 0 spiro atoms. The van der Waals surface area contributed by atoms with Crippen molar-refractivity contribution in [2.45, 2.75) is 51.8 Å². The van der Waals surface area contributed by atoms with Crippen molar-refractivity contribution in [1.82, 2.24) is 5.32 Å². The average molecular weight is 280 g/mol. The van der Waals surface area contributed by atoms with Crippen LogP contribution in [-0.2, 0) is 6.54 Å². The molecule has 0 amide bonds. The molecule has 1 aromatic carbocycles. The van der Waals surface area contributed by atoms with E-state index in [9.17, 15) is 0 Å². The molecule has 0 saturated carbocycles. The fourth-order valence-corrected chi connectivity index (χ4v) is 2.40. The first kappa shape index (κ1) is 14.4. The molecule has 1 aliphatic rings. The summed E-state index contributed by atoms with van der Waals surface area (Å²) >= 11 is 6.29. The standard InChI is InChI=1S/C16H22ClNO/c1-12(2)18-11-14-15(17)9-6-10-16(14)19-13-7-4-3-5-8-13/h4,6-7,9-10,12-13,18H,3,5,8,11H2,1-2H3. The molecule has 1 aromatic rings. The fraction of sp³-hybridized carbons (Fsp3) is 0.500. The van der Waals surface area contributed by atoms with Gasteiger partial charge in [-0.05, 0) is 37.5 Å². The lowest BCUT2D eigenvalue weighted by atomic mass is 10.1. The first-order valence-corrected chi connectivity index (χ1v) is 7.38. The summed E-state index contributed by atoms with van der Waals surface area (Å²) in [6.45, 7) is 4.99. The van der Waals surface area contributed by atoms with Crippen molar-refractivity contribution in [2.24, 2.45) is 0 Å². The molecule has 0 saturated heterocycles. The minimum absolute atomic E-state index is 0.185. The predicted octanol–water partition coefficient (Wildman–Crippen LogP) is 4.33. The highest BCUT2D eigenvalue weighted by Crippen LogP contribution is 2.28. The third-order valence-corrected chi connectivity index (χ3v) is 3.61. The highest BCUT2D eigenvalue weighted by atomic mass is 35.5. The van der Waals surface area contributed by atoms with Gasteiger partial charge < -0.3 is 10.1 Å². The zero-order valence-corrected chi connectivity index (χ0v) is 12.4. The zero-order valence-electron chi connectivity index (χ0n) is 11.7. The van der Waals surface area contributed by atoms with Crippen LogP contribution in [0.25, 0.3) is 0 Å². The van der Waals surface area contributed by atoms with E-state index in [1.54, 1.807) is 0 Å². The third-order valence-electron chi connectivity index (χ3n) is 3.25. The molecule has 0 fully saturated rings. The molecule has 19 heavy (non-hydrogen) atoms. The SMILES string of the molecule is CC(C)NCc1c(Cl)cccc1OC1C=CCCC1. The molecule has 2 rings (SSSR count). The Hall–Kier alpha value is -0.990.